The lowest BCUT2D eigenvalue weighted by Crippen LogP contribution is -2.40. The van der Waals surface area contributed by atoms with Gasteiger partial charge in [-0.2, -0.15) is 0 Å². The third-order valence-electron chi connectivity index (χ3n) is 4.44. The Morgan fingerprint density at radius 2 is 1.95 bits per heavy atom. The van der Waals surface area contributed by atoms with Crippen molar-refractivity contribution in [3.05, 3.63) is 29.1 Å². The summed E-state index contributed by atoms with van der Waals surface area (Å²) in [5, 5.41) is 5.52. The number of carbonyl (C=O) groups is 2. The molecule has 1 fully saturated rings. The fourth-order valence-corrected chi connectivity index (χ4v) is 3.10. The molecule has 1 heterocycles. The summed E-state index contributed by atoms with van der Waals surface area (Å²) in [7, 11) is 0. The van der Waals surface area contributed by atoms with Gasteiger partial charge in [-0.05, 0) is 49.8 Å². The van der Waals surface area contributed by atoms with Gasteiger partial charge in [-0.1, -0.05) is 0 Å². The topological polar surface area (TPSA) is 84.2 Å². The van der Waals surface area contributed by atoms with Crippen molar-refractivity contribution in [2.45, 2.75) is 50.6 Å². The van der Waals surface area contributed by atoms with Crippen LogP contribution in [-0.4, -0.2) is 23.9 Å². The van der Waals surface area contributed by atoms with Gasteiger partial charge < -0.3 is 16.4 Å². The van der Waals surface area contributed by atoms with Crippen LogP contribution >= 0.6 is 0 Å². The summed E-state index contributed by atoms with van der Waals surface area (Å²) in [5.41, 5.74) is 7.16. The molecule has 3 rings (SSSR count). The highest BCUT2D eigenvalue weighted by atomic mass is 19.1. The molecule has 0 radical (unpaired) electrons. The molecule has 1 aromatic carbocycles. The fourth-order valence-electron chi connectivity index (χ4n) is 3.10. The van der Waals surface area contributed by atoms with Gasteiger partial charge >= 0.3 is 0 Å². The number of nitrogens with two attached hydrogens (primary N) is 1. The van der Waals surface area contributed by atoms with Crippen molar-refractivity contribution in [3.63, 3.8) is 0 Å². The van der Waals surface area contributed by atoms with Crippen molar-refractivity contribution < 1.29 is 14.0 Å². The van der Waals surface area contributed by atoms with Crippen molar-refractivity contribution in [1.82, 2.24) is 5.32 Å². The van der Waals surface area contributed by atoms with Crippen LogP contribution in [0.15, 0.2) is 12.1 Å². The lowest BCUT2D eigenvalue weighted by Gasteiger charge is -2.27. The van der Waals surface area contributed by atoms with Crippen LogP contribution in [0.1, 0.15) is 48.0 Å². The Labute approximate surface area is 128 Å². The highest BCUT2D eigenvalue weighted by molar-refractivity contribution is 5.98. The molecule has 5 nitrogen and oxygen atoms in total. The summed E-state index contributed by atoms with van der Waals surface area (Å²) < 4.78 is 14.1. The smallest absolute Gasteiger partial charge is 0.254 e. The van der Waals surface area contributed by atoms with Crippen LogP contribution in [0.2, 0.25) is 0 Å². The highest BCUT2D eigenvalue weighted by Crippen LogP contribution is 2.26. The van der Waals surface area contributed by atoms with Gasteiger partial charge in [-0.25, -0.2) is 4.39 Å². The second-order valence-corrected chi connectivity index (χ2v) is 6.12. The fraction of sp³-hybridized carbons (Fsp3) is 0.500. The number of amides is 2. The summed E-state index contributed by atoms with van der Waals surface area (Å²) >= 11 is 0. The van der Waals surface area contributed by atoms with Crippen molar-refractivity contribution in [1.29, 1.82) is 0 Å². The Kier molecular flexibility index (Phi) is 4.11. The maximum atomic E-state index is 14.1. The lowest BCUT2D eigenvalue weighted by molar-refractivity contribution is -0.116. The van der Waals surface area contributed by atoms with E-state index in [4.69, 9.17) is 5.73 Å². The number of hydrogen-bond donors (Lipinski definition) is 3. The zero-order chi connectivity index (χ0) is 15.7. The number of halogens is 1. The van der Waals surface area contributed by atoms with Crippen LogP contribution in [0, 0.1) is 5.82 Å². The number of rotatable bonds is 2. The zero-order valence-electron chi connectivity index (χ0n) is 12.3. The van der Waals surface area contributed by atoms with Crippen LogP contribution in [0.3, 0.4) is 0 Å². The van der Waals surface area contributed by atoms with E-state index in [1.54, 1.807) is 6.07 Å². The Bertz CT molecular complexity index is 610. The van der Waals surface area contributed by atoms with Crippen LogP contribution in [-0.2, 0) is 11.2 Å². The van der Waals surface area contributed by atoms with Crippen molar-refractivity contribution in [2.75, 3.05) is 5.32 Å². The number of nitrogens with one attached hydrogen (secondary N) is 2. The average Bonchev–Trinajstić information content (AvgIpc) is 2.48. The molecule has 1 aliphatic carbocycles. The van der Waals surface area contributed by atoms with Crippen molar-refractivity contribution >= 4 is 17.5 Å². The summed E-state index contributed by atoms with van der Waals surface area (Å²) in [6.45, 7) is 0. The zero-order valence-corrected chi connectivity index (χ0v) is 12.3. The minimum absolute atomic E-state index is 0.0461. The number of anilines is 1. The van der Waals surface area contributed by atoms with Gasteiger partial charge in [0.1, 0.15) is 5.82 Å². The maximum Gasteiger partial charge on any atom is 0.254 e. The van der Waals surface area contributed by atoms with E-state index in [-0.39, 0.29) is 23.6 Å². The lowest BCUT2D eigenvalue weighted by atomic mass is 9.91. The largest absolute Gasteiger partial charge is 0.349 e. The highest BCUT2D eigenvalue weighted by Gasteiger charge is 2.24. The Hall–Kier alpha value is -1.95. The van der Waals surface area contributed by atoms with Crippen molar-refractivity contribution in [2.24, 2.45) is 5.73 Å². The van der Waals surface area contributed by atoms with Gasteiger partial charge in [-0.15, -0.1) is 0 Å². The molecule has 0 bridgehead atoms. The van der Waals surface area contributed by atoms with E-state index in [0.717, 1.165) is 31.2 Å². The second kappa shape index (κ2) is 6.04. The second-order valence-electron chi connectivity index (χ2n) is 6.12. The van der Waals surface area contributed by atoms with Crippen LogP contribution in [0.5, 0.6) is 0 Å². The van der Waals surface area contributed by atoms with Crippen LogP contribution in [0.25, 0.3) is 0 Å². The molecule has 6 heteroatoms. The van der Waals surface area contributed by atoms with E-state index in [2.05, 4.69) is 10.6 Å². The van der Waals surface area contributed by atoms with E-state index in [0.29, 0.717) is 18.5 Å². The first-order chi connectivity index (χ1) is 10.5. The molecule has 0 saturated heterocycles. The van der Waals surface area contributed by atoms with Crippen LogP contribution < -0.4 is 16.4 Å². The Morgan fingerprint density at radius 1 is 1.23 bits per heavy atom. The molecule has 1 aliphatic heterocycles. The summed E-state index contributed by atoms with van der Waals surface area (Å²) in [6, 6.07) is 3.05. The molecular weight excluding hydrogens is 285 g/mol. The molecule has 0 spiro atoms. The Morgan fingerprint density at radius 3 is 2.68 bits per heavy atom. The molecule has 0 aromatic heterocycles. The van der Waals surface area contributed by atoms with Crippen molar-refractivity contribution in [3.8, 4) is 0 Å². The third-order valence-corrected chi connectivity index (χ3v) is 4.44. The molecule has 4 N–H and O–H groups in total. The monoisotopic (exact) mass is 305 g/mol. The maximum absolute atomic E-state index is 14.1. The molecule has 0 unspecified atom stereocenters. The van der Waals surface area contributed by atoms with Gasteiger partial charge in [0.05, 0.1) is 5.56 Å². The van der Waals surface area contributed by atoms with Crippen LogP contribution in [0.4, 0.5) is 10.1 Å². The normalized spacial score (nSPS) is 24.4. The minimum Gasteiger partial charge on any atom is -0.349 e. The van der Waals surface area contributed by atoms with E-state index in [9.17, 15) is 14.0 Å². The first-order valence-electron chi connectivity index (χ1n) is 7.71. The van der Waals surface area contributed by atoms with E-state index in [1.807, 2.05) is 0 Å². The first kappa shape index (κ1) is 15.0. The quantitative estimate of drug-likeness (QED) is 0.777. The molecule has 1 aromatic rings. The van der Waals surface area contributed by atoms with Gasteiger partial charge in [-0.3, -0.25) is 9.59 Å². The summed E-state index contributed by atoms with van der Waals surface area (Å²) in [4.78, 5) is 23.6. The van der Waals surface area contributed by atoms with E-state index >= 15 is 0 Å². The minimum atomic E-state index is -0.606. The number of hydrogen-bond acceptors (Lipinski definition) is 3. The SMILES string of the molecule is NC1CCC(NC(=O)c2cc3c(cc2F)NC(=O)CC3)CC1. The average molecular weight is 305 g/mol. The molecule has 0 atom stereocenters. The Balaban J connectivity index is 1.74. The molecule has 2 aliphatic rings. The molecule has 1 saturated carbocycles. The van der Waals surface area contributed by atoms with Gasteiger partial charge in [0.2, 0.25) is 5.91 Å². The predicted octanol–water partition coefficient (Wildman–Crippen LogP) is 1.71. The molecule has 118 valence electrons. The summed E-state index contributed by atoms with van der Waals surface area (Å²) in [6.07, 6.45) is 4.30. The van der Waals surface area contributed by atoms with Gasteiger partial charge in [0.15, 0.2) is 0 Å². The number of benzene rings is 1. The third kappa shape index (κ3) is 3.11. The number of fused-ring (bicyclic) bond motifs is 1. The van der Waals surface area contributed by atoms with E-state index < -0.39 is 11.7 Å². The molecular formula is C16H20FN3O2. The van der Waals surface area contributed by atoms with Gasteiger partial charge in [0, 0.05) is 24.2 Å². The molecule has 2 amide bonds. The number of carbonyl (C=O) groups excluding carboxylic acids is 2. The standard InChI is InChI=1S/C16H20FN3O2/c17-13-8-14-9(1-6-15(21)20-14)7-12(13)16(22)19-11-4-2-10(18)3-5-11/h7-8,10-11H,1-6,18H2,(H,19,22)(H,20,21). The predicted molar refractivity (Wildman–Crippen MR) is 81.0 cm³/mol. The number of aryl methyl sites for hydroxylation is 1. The van der Waals surface area contributed by atoms with Gasteiger partial charge in [0.25, 0.3) is 5.91 Å². The molecule has 22 heavy (non-hydrogen) atoms. The summed E-state index contributed by atoms with van der Waals surface area (Å²) in [5.74, 6) is -1.12. The van der Waals surface area contributed by atoms with E-state index in [1.165, 1.54) is 6.07 Å². The first-order valence-corrected chi connectivity index (χ1v) is 7.71.